The van der Waals surface area contributed by atoms with E-state index in [1.165, 1.54) is 5.56 Å². The minimum absolute atomic E-state index is 0.158. The molecule has 4 nitrogen and oxygen atoms in total. The molecule has 2 unspecified atom stereocenters. The normalized spacial score (nSPS) is 22.2. The fourth-order valence-electron chi connectivity index (χ4n) is 2.58. The molecule has 2 atom stereocenters. The van der Waals surface area contributed by atoms with Crippen molar-refractivity contribution in [1.82, 2.24) is 10.2 Å². The lowest BCUT2D eigenvalue weighted by Crippen LogP contribution is -2.46. The average molecular weight is 264 g/mol. The van der Waals surface area contributed by atoms with E-state index in [2.05, 4.69) is 29.4 Å². The van der Waals surface area contributed by atoms with Gasteiger partial charge in [-0.3, -0.25) is 0 Å². The summed E-state index contributed by atoms with van der Waals surface area (Å²) in [6.45, 7) is 5.41. The second-order valence-corrected chi connectivity index (χ2v) is 4.91. The first kappa shape index (κ1) is 14.3. The Hall–Kier alpha value is -1.10. The Morgan fingerprint density at radius 2 is 2.26 bits per heavy atom. The quantitative estimate of drug-likeness (QED) is 0.877. The molecule has 1 heterocycles. The van der Waals surface area contributed by atoms with Gasteiger partial charge >= 0.3 is 0 Å². The Morgan fingerprint density at radius 1 is 1.47 bits per heavy atom. The van der Waals surface area contributed by atoms with Gasteiger partial charge in [0.2, 0.25) is 0 Å². The molecule has 1 fully saturated rings. The predicted octanol–water partition coefficient (Wildman–Crippen LogP) is 1.68. The van der Waals surface area contributed by atoms with Crippen molar-refractivity contribution >= 4 is 0 Å². The number of nitrogens with zero attached hydrogens (tertiary/aromatic N) is 1. The highest BCUT2D eigenvalue weighted by molar-refractivity contribution is 5.36. The van der Waals surface area contributed by atoms with E-state index in [0.717, 1.165) is 25.4 Å². The number of para-hydroxylation sites is 1. The lowest BCUT2D eigenvalue weighted by atomic mass is 9.99. The van der Waals surface area contributed by atoms with Crippen LogP contribution in [0.2, 0.25) is 0 Å². The Labute approximate surface area is 115 Å². The van der Waals surface area contributed by atoms with Gasteiger partial charge in [-0.25, -0.2) is 0 Å². The molecule has 1 aliphatic rings. The van der Waals surface area contributed by atoms with Gasteiger partial charge in [-0.1, -0.05) is 18.2 Å². The van der Waals surface area contributed by atoms with Crippen LogP contribution in [0.3, 0.4) is 0 Å². The zero-order chi connectivity index (χ0) is 13.7. The van der Waals surface area contributed by atoms with Gasteiger partial charge in [-0.2, -0.15) is 0 Å². The third-order valence-electron chi connectivity index (χ3n) is 3.53. The summed E-state index contributed by atoms with van der Waals surface area (Å²) in [6, 6.07) is 8.36. The molecule has 2 rings (SSSR count). The predicted molar refractivity (Wildman–Crippen MR) is 76.6 cm³/mol. The minimum atomic E-state index is 0.158. The summed E-state index contributed by atoms with van der Waals surface area (Å²) in [4.78, 5) is 2.31. The van der Waals surface area contributed by atoms with Gasteiger partial charge in [0, 0.05) is 18.7 Å². The van der Waals surface area contributed by atoms with Crippen LogP contribution in [0.15, 0.2) is 24.3 Å². The maximum absolute atomic E-state index is 5.93. The Bertz CT molecular complexity index is 397. The summed E-state index contributed by atoms with van der Waals surface area (Å²) < 4.78 is 11.7. The van der Waals surface area contributed by atoms with E-state index < -0.39 is 0 Å². The van der Waals surface area contributed by atoms with Crippen LogP contribution in [-0.4, -0.2) is 51.4 Å². The second-order valence-electron chi connectivity index (χ2n) is 4.91. The topological polar surface area (TPSA) is 33.7 Å². The van der Waals surface area contributed by atoms with E-state index >= 15 is 0 Å². The van der Waals surface area contributed by atoms with Crippen LogP contribution < -0.4 is 10.1 Å². The lowest BCUT2D eigenvalue weighted by Gasteiger charge is -2.35. The fraction of sp³-hybridized carbons (Fsp3) is 0.600. The van der Waals surface area contributed by atoms with Crippen molar-refractivity contribution in [3.63, 3.8) is 0 Å². The van der Waals surface area contributed by atoms with E-state index in [4.69, 9.17) is 9.47 Å². The molecule has 0 spiro atoms. The number of ether oxygens (including phenoxy) is 2. The summed E-state index contributed by atoms with van der Waals surface area (Å²) in [6.07, 6.45) is 0.158. The van der Waals surface area contributed by atoms with Crippen molar-refractivity contribution in [2.45, 2.75) is 19.1 Å². The molecule has 1 aromatic rings. The molecule has 106 valence electrons. The van der Waals surface area contributed by atoms with E-state index in [9.17, 15) is 0 Å². The van der Waals surface area contributed by atoms with E-state index in [1.807, 2.05) is 26.1 Å². The standard InChI is InChI=1S/C15H24N2O2/c1-4-18-13-8-6-5-7-12(13)15(16-2)14-11-17(3)9-10-19-14/h5-8,14-16H,4,9-11H2,1-3H3. The highest BCUT2D eigenvalue weighted by Crippen LogP contribution is 2.29. The molecule has 19 heavy (non-hydrogen) atoms. The Kier molecular flexibility index (Phi) is 5.19. The average Bonchev–Trinajstić information content (AvgIpc) is 2.42. The van der Waals surface area contributed by atoms with Gasteiger partial charge in [0.15, 0.2) is 0 Å². The van der Waals surface area contributed by atoms with Crippen LogP contribution in [-0.2, 0) is 4.74 Å². The highest BCUT2D eigenvalue weighted by atomic mass is 16.5. The van der Waals surface area contributed by atoms with Gasteiger partial charge in [0.05, 0.1) is 25.4 Å². The molecule has 1 aromatic carbocycles. The van der Waals surface area contributed by atoms with Gasteiger partial charge in [0.25, 0.3) is 0 Å². The molecule has 1 N–H and O–H groups in total. The number of benzene rings is 1. The summed E-state index contributed by atoms with van der Waals surface area (Å²) >= 11 is 0. The van der Waals surface area contributed by atoms with Crippen molar-refractivity contribution in [3.8, 4) is 5.75 Å². The van der Waals surface area contributed by atoms with Gasteiger partial charge in [-0.05, 0) is 27.1 Å². The molecular formula is C15H24N2O2. The van der Waals surface area contributed by atoms with Crippen LogP contribution in [0.1, 0.15) is 18.5 Å². The number of rotatable bonds is 5. The molecule has 0 aromatic heterocycles. The third kappa shape index (κ3) is 3.47. The molecule has 0 saturated carbocycles. The SMILES string of the molecule is CCOc1ccccc1C(NC)C1CN(C)CCO1. The molecular weight excluding hydrogens is 240 g/mol. The van der Waals surface area contributed by atoms with Crippen molar-refractivity contribution < 1.29 is 9.47 Å². The smallest absolute Gasteiger partial charge is 0.124 e. The van der Waals surface area contributed by atoms with Crippen molar-refractivity contribution in [1.29, 1.82) is 0 Å². The van der Waals surface area contributed by atoms with E-state index in [1.54, 1.807) is 0 Å². The van der Waals surface area contributed by atoms with Crippen LogP contribution in [0.25, 0.3) is 0 Å². The first-order valence-electron chi connectivity index (χ1n) is 6.95. The number of nitrogens with one attached hydrogen (secondary N) is 1. The first-order valence-corrected chi connectivity index (χ1v) is 6.95. The zero-order valence-corrected chi connectivity index (χ0v) is 12.1. The summed E-state index contributed by atoms with van der Waals surface area (Å²) in [5.41, 5.74) is 1.17. The van der Waals surface area contributed by atoms with Crippen LogP contribution in [0.5, 0.6) is 5.75 Å². The highest BCUT2D eigenvalue weighted by Gasteiger charge is 2.28. The molecule has 4 heteroatoms. The fourth-order valence-corrected chi connectivity index (χ4v) is 2.58. The number of likely N-dealkylation sites (N-methyl/N-ethyl adjacent to an activating group) is 2. The van der Waals surface area contributed by atoms with Crippen LogP contribution in [0.4, 0.5) is 0 Å². The third-order valence-corrected chi connectivity index (χ3v) is 3.53. The van der Waals surface area contributed by atoms with Crippen molar-refractivity contribution in [2.24, 2.45) is 0 Å². The van der Waals surface area contributed by atoms with Gasteiger partial charge < -0.3 is 19.7 Å². The minimum Gasteiger partial charge on any atom is -0.494 e. The van der Waals surface area contributed by atoms with Crippen molar-refractivity contribution in [3.05, 3.63) is 29.8 Å². The number of hydrogen-bond acceptors (Lipinski definition) is 4. The lowest BCUT2D eigenvalue weighted by molar-refractivity contribution is -0.0384. The van der Waals surface area contributed by atoms with Crippen LogP contribution in [0, 0.1) is 0 Å². The first-order chi connectivity index (χ1) is 9.26. The maximum atomic E-state index is 5.93. The van der Waals surface area contributed by atoms with E-state index in [-0.39, 0.29) is 12.1 Å². The molecule has 0 radical (unpaired) electrons. The molecule has 1 saturated heterocycles. The number of morpholine rings is 1. The van der Waals surface area contributed by atoms with Crippen LogP contribution >= 0.6 is 0 Å². The molecule has 1 aliphatic heterocycles. The summed E-state index contributed by atoms with van der Waals surface area (Å²) in [5, 5.41) is 3.38. The Morgan fingerprint density at radius 3 is 2.95 bits per heavy atom. The molecule has 0 aliphatic carbocycles. The largest absolute Gasteiger partial charge is 0.494 e. The number of hydrogen-bond donors (Lipinski definition) is 1. The molecule has 0 bridgehead atoms. The molecule has 0 amide bonds. The second kappa shape index (κ2) is 6.89. The monoisotopic (exact) mass is 264 g/mol. The Balaban J connectivity index is 2.20. The zero-order valence-electron chi connectivity index (χ0n) is 12.1. The van der Waals surface area contributed by atoms with Gasteiger partial charge in [0.1, 0.15) is 5.75 Å². The van der Waals surface area contributed by atoms with E-state index in [0.29, 0.717) is 6.61 Å². The summed E-state index contributed by atoms with van der Waals surface area (Å²) in [5.74, 6) is 0.946. The maximum Gasteiger partial charge on any atom is 0.124 e. The summed E-state index contributed by atoms with van der Waals surface area (Å²) in [7, 11) is 4.11. The van der Waals surface area contributed by atoms with Crippen molar-refractivity contribution in [2.75, 3.05) is 40.4 Å². The van der Waals surface area contributed by atoms with Gasteiger partial charge in [-0.15, -0.1) is 0 Å².